The van der Waals surface area contributed by atoms with Gasteiger partial charge in [-0.1, -0.05) is 29.3 Å². The van der Waals surface area contributed by atoms with Crippen molar-refractivity contribution >= 4 is 23.2 Å². The van der Waals surface area contributed by atoms with E-state index in [1.54, 1.807) is 18.2 Å². The molecule has 1 unspecified atom stereocenters. The third-order valence-electron chi connectivity index (χ3n) is 2.92. The van der Waals surface area contributed by atoms with E-state index < -0.39 is 24.6 Å². The number of halogens is 2. The predicted molar refractivity (Wildman–Crippen MR) is 69.0 cm³/mol. The average Bonchev–Trinajstić information content (AvgIpc) is 2.65. The van der Waals surface area contributed by atoms with Crippen LogP contribution in [-0.2, 0) is 16.1 Å². The van der Waals surface area contributed by atoms with Crippen LogP contribution in [0.5, 0.6) is 0 Å². The van der Waals surface area contributed by atoms with Crippen molar-refractivity contribution in [2.75, 3.05) is 6.61 Å². The van der Waals surface area contributed by atoms with Gasteiger partial charge in [-0.25, -0.2) is 0 Å². The molecule has 1 fully saturated rings. The second-order valence-electron chi connectivity index (χ2n) is 4.25. The molecular weight excluding hydrogens is 295 g/mol. The molecule has 1 aromatic rings. The fourth-order valence-corrected chi connectivity index (χ4v) is 2.28. The van der Waals surface area contributed by atoms with Crippen LogP contribution in [0.3, 0.4) is 0 Å². The number of benzene rings is 1. The fraction of sp³-hybridized carbons (Fsp3) is 0.500. The van der Waals surface area contributed by atoms with Gasteiger partial charge in [0.05, 0.1) is 13.2 Å². The molecule has 1 aliphatic rings. The molecule has 0 spiro atoms. The molecule has 4 atom stereocenters. The summed E-state index contributed by atoms with van der Waals surface area (Å²) in [5, 5.41) is 29.1. The summed E-state index contributed by atoms with van der Waals surface area (Å²) < 4.78 is 10.5. The maximum Gasteiger partial charge on any atom is 0.187 e. The Bertz CT molecular complexity index is 442. The Morgan fingerprint density at radius 1 is 1.21 bits per heavy atom. The molecule has 1 aliphatic heterocycles. The maximum atomic E-state index is 9.69. The third-order valence-corrected chi connectivity index (χ3v) is 3.50. The van der Waals surface area contributed by atoms with Crippen molar-refractivity contribution in [1.29, 1.82) is 0 Å². The van der Waals surface area contributed by atoms with E-state index in [4.69, 9.17) is 37.8 Å². The van der Waals surface area contributed by atoms with E-state index in [1.165, 1.54) is 0 Å². The molecule has 0 aromatic heterocycles. The van der Waals surface area contributed by atoms with Gasteiger partial charge in [0, 0.05) is 10.0 Å². The van der Waals surface area contributed by atoms with Crippen molar-refractivity contribution in [1.82, 2.24) is 0 Å². The van der Waals surface area contributed by atoms with E-state index in [0.29, 0.717) is 15.6 Å². The molecular formula is C12H14Cl2O5. The van der Waals surface area contributed by atoms with Gasteiger partial charge in [0.1, 0.15) is 18.3 Å². The highest BCUT2D eigenvalue weighted by Crippen LogP contribution is 2.25. The Morgan fingerprint density at radius 3 is 2.53 bits per heavy atom. The van der Waals surface area contributed by atoms with E-state index in [0.717, 1.165) is 0 Å². The predicted octanol–water partition coefficient (Wildman–Crippen LogP) is 0.949. The Balaban J connectivity index is 1.96. The first kappa shape index (κ1) is 15.0. The number of hydrogen-bond donors (Lipinski definition) is 3. The molecule has 106 valence electrons. The quantitative estimate of drug-likeness (QED) is 0.772. The molecule has 1 aromatic carbocycles. The summed E-state index contributed by atoms with van der Waals surface area (Å²) in [6.45, 7) is -0.289. The second-order valence-corrected chi connectivity index (χ2v) is 5.10. The van der Waals surface area contributed by atoms with Gasteiger partial charge >= 0.3 is 0 Å². The summed E-state index contributed by atoms with van der Waals surface area (Å²) in [6, 6.07) is 4.95. The molecule has 3 N–H and O–H groups in total. The van der Waals surface area contributed by atoms with Crippen LogP contribution in [-0.4, -0.2) is 46.5 Å². The number of aliphatic hydroxyl groups excluding tert-OH is 3. The van der Waals surface area contributed by atoms with Crippen LogP contribution in [0.4, 0.5) is 0 Å². The van der Waals surface area contributed by atoms with Gasteiger partial charge in [0.2, 0.25) is 0 Å². The summed E-state index contributed by atoms with van der Waals surface area (Å²) >= 11 is 11.8. The highest BCUT2D eigenvalue weighted by Gasteiger charge is 2.43. The van der Waals surface area contributed by atoms with Crippen LogP contribution in [0.1, 0.15) is 5.56 Å². The minimum atomic E-state index is -1.21. The highest BCUT2D eigenvalue weighted by atomic mass is 35.5. The minimum absolute atomic E-state index is 0.0998. The summed E-state index contributed by atoms with van der Waals surface area (Å²) in [7, 11) is 0. The average molecular weight is 309 g/mol. The molecule has 5 nitrogen and oxygen atoms in total. The highest BCUT2D eigenvalue weighted by molar-refractivity contribution is 6.35. The van der Waals surface area contributed by atoms with E-state index in [1.807, 2.05) is 0 Å². The normalized spacial score (nSPS) is 30.8. The largest absolute Gasteiger partial charge is 0.394 e. The van der Waals surface area contributed by atoms with Gasteiger partial charge in [-0.3, -0.25) is 0 Å². The van der Waals surface area contributed by atoms with Crippen LogP contribution in [0, 0.1) is 0 Å². The van der Waals surface area contributed by atoms with Crippen LogP contribution < -0.4 is 0 Å². The third kappa shape index (κ3) is 3.38. The van der Waals surface area contributed by atoms with Crippen molar-refractivity contribution in [3.8, 4) is 0 Å². The van der Waals surface area contributed by atoms with Gasteiger partial charge in [-0.2, -0.15) is 0 Å². The molecule has 19 heavy (non-hydrogen) atoms. The summed E-state index contributed by atoms with van der Waals surface area (Å²) in [5.41, 5.74) is 0.684. The second kappa shape index (κ2) is 6.37. The molecule has 1 heterocycles. The fourth-order valence-electron chi connectivity index (χ4n) is 1.81. The first-order chi connectivity index (χ1) is 9.02. The minimum Gasteiger partial charge on any atom is -0.394 e. The Labute approximate surface area is 120 Å². The van der Waals surface area contributed by atoms with Crippen LogP contribution >= 0.6 is 23.2 Å². The molecule has 0 bridgehead atoms. The van der Waals surface area contributed by atoms with E-state index in [-0.39, 0.29) is 13.2 Å². The zero-order chi connectivity index (χ0) is 14.0. The standard InChI is InChI=1S/C12H14Cl2O5/c13-7-2-1-6(8(14)3-7)5-18-12-11(17)10(16)9(4-15)19-12/h1-3,9-12,15-17H,4-5H2/t9-,10-,11+,12?/m1/s1. The molecule has 2 rings (SSSR count). The lowest BCUT2D eigenvalue weighted by Gasteiger charge is -2.16. The topological polar surface area (TPSA) is 79.2 Å². The van der Waals surface area contributed by atoms with Crippen molar-refractivity contribution in [2.24, 2.45) is 0 Å². The van der Waals surface area contributed by atoms with Gasteiger partial charge in [0.25, 0.3) is 0 Å². The number of ether oxygens (including phenoxy) is 2. The lowest BCUT2D eigenvalue weighted by molar-refractivity contribution is -0.175. The van der Waals surface area contributed by atoms with Crippen LogP contribution in [0.2, 0.25) is 10.0 Å². The summed E-state index contributed by atoms with van der Waals surface area (Å²) in [4.78, 5) is 0. The van der Waals surface area contributed by atoms with Gasteiger partial charge < -0.3 is 24.8 Å². The lowest BCUT2D eigenvalue weighted by Crippen LogP contribution is -2.34. The Kier molecular flexibility index (Phi) is 5.03. The SMILES string of the molecule is OC[C@H]1OC(OCc2ccc(Cl)cc2Cl)[C@@H](O)[C@@H]1O. The zero-order valence-corrected chi connectivity index (χ0v) is 11.4. The maximum absolute atomic E-state index is 9.69. The van der Waals surface area contributed by atoms with E-state index in [9.17, 15) is 10.2 Å². The molecule has 7 heteroatoms. The summed E-state index contributed by atoms with van der Waals surface area (Å²) in [5.74, 6) is 0. The van der Waals surface area contributed by atoms with Crippen molar-refractivity contribution < 1.29 is 24.8 Å². The van der Waals surface area contributed by atoms with Crippen molar-refractivity contribution in [3.63, 3.8) is 0 Å². The first-order valence-electron chi connectivity index (χ1n) is 5.71. The number of hydrogen-bond acceptors (Lipinski definition) is 5. The Hall–Kier alpha value is -0.400. The van der Waals surface area contributed by atoms with Gasteiger partial charge in [0.15, 0.2) is 6.29 Å². The molecule has 0 saturated carbocycles. The van der Waals surface area contributed by atoms with E-state index in [2.05, 4.69) is 0 Å². The van der Waals surface area contributed by atoms with Gasteiger partial charge in [-0.15, -0.1) is 0 Å². The number of aliphatic hydroxyl groups is 3. The smallest absolute Gasteiger partial charge is 0.187 e. The van der Waals surface area contributed by atoms with Crippen molar-refractivity contribution in [3.05, 3.63) is 33.8 Å². The Morgan fingerprint density at radius 2 is 1.95 bits per heavy atom. The first-order valence-corrected chi connectivity index (χ1v) is 6.46. The lowest BCUT2D eigenvalue weighted by atomic mass is 10.1. The number of rotatable bonds is 4. The molecule has 1 saturated heterocycles. The molecule has 0 radical (unpaired) electrons. The van der Waals surface area contributed by atoms with Crippen LogP contribution in [0.15, 0.2) is 18.2 Å². The van der Waals surface area contributed by atoms with E-state index >= 15 is 0 Å². The molecule has 0 aliphatic carbocycles. The van der Waals surface area contributed by atoms with Crippen molar-refractivity contribution in [2.45, 2.75) is 31.2 Å². The molecule has 0 amide bonds. The zero-order valence-electron chi connectivity index (χ0n) is 9.87. The monoisotopic (exact) mass is 308 g/mol. The van der Waals surface area contributed by atoms with Crippen LogP contribution in [0.25, 0.3) is 0 Å². The summed E-state index contributed by atoms with van der Waals surface area (Å²) in [6.07, 6.45) is -4.22. The van der Waals surface area contributed by atoms with Gasteiger partial charge in [-0.05, 0) is 17.7 Å².